The Morgan fingerprint density at radius 1 is 1.47 bits per heavy atom. The first kappa shape index (κ1) is 12.1. The van der Waals surface area contributed by atoms with Gasteiger partial charge in [-0.25, -0.2) is 4.98 Å². The van der Waals surface area contributed by atoms with Gasteiger partial charge in [-0.05, 0) is 20.3 Å². The van der Waals surface area contributed by atoms with Gasteiger partial charge in [0.05, 0.1) is 5.69 Å². The van der Waals surface area contributed by atoms with Crippen LogP contribution in [-0.4, -0.2) is 16.6 Å². The topological polar surface area (TPSA) is 29.9 Å². The Balaban J connectivity index is 2.59. The zero-order valence-electron chi connectivity index (χ0n) is 10.4. The Hall–Kier alpha value is -0.990. The predicted molar refractivity (Wildman–Crippen MR) is 65.4 cm³/mol. The van der Waals surface area contributed by atoms with Gasteiger partial charge in [0.2, 0.25) is 5.95 Å². The molecule has 1 heterocycles. The highest BCUT2D eigenvalue weighted by Crippen LogP contribution is 2.20. The average molecular weight is 209 g/mol. The molecule has 0 saturated carbocycles. The Morgan fingerprint density at radius 3 is 2.80 bits per heavy atom. The third-order valence-corrected chi connectivity index (χ3v) is 2.78. The van der Waals surface area contributed by atoms with Gasteiger partial charge in [0.15, 0.2) is 0 Å². The summed E-state index contributed by atoms with van der Waals surface area (Å²) in [6.07, 6.45) is 7.28. The smallest absolute Gasteiger partial charge is 0.203 e. The molecule has 1 rings (SSSR count). The SMILES string of the molecule is CCCCCC(C)n1cc(C)nc1NC. The van der Waals surface area contributed by atoms with E-state index in [0.717, 1.165) is 11.6 Å². The molecule has 0 aliphatic rings. The lowest BCUT2D eigenvalue weighted by atomic mass is 10.1. The van der Waals surface area contributed by atoms with Gasteiger partial charge in [-0.3, -0.25) is 0 Å². The predicted octanol–water partition coefficient (Wildman–Crippen LogP) is 3.37. The van der Waals surface area contributed by atoms with E-state index < -0.39 is 0 Å². The molecule has 0 fully saturated rings. The average Bonchev–Trinajstić information content (AvgIpc) is 2.60. The normalized spacial score (nSPS) is 12.8. The summed E-state index contributed by atoms with van der Waals surface area (Å²) in [5.74, 6) is 0.983. The summed E-state index contributed by atoms with van der Waals surface area (Å²) in [6.45, 7) is 6.54. The fraction of sp³-hybridized carbons (Fsp3) is 0.750. The van der Waals surface area contributed by atoms with Crippen LogP contribution in [0.3, 0.4) is 0 Å². The molecule has 0 amide bonds. The maximum Gasteiger partial charge on any atom is 0.203 e. The van der Waals surface area contributed by atoms with Gasteiger partial charge in [-0.2, -0.15) is 0 Å². The van der Waals surface area contributed by atoms with E-state index in [-0.39, 0.29) is 0 Å². The summed E-state index contributed by atoms with van der Waals surface area (Å²) < 4.78 is 2.24. The highest BCUT2D eigenvalue weighted by atomic mass is 15.2. The molecule has 1 atom stereocenters. The summed E-state index contributed by atoms with van der Waals surface area (Å²) in [7, 11) is 1.93. The molecule has 0 saturated heterocycles. The van der Waals surface area contributed by atoms with E-state index in [0.29, 0.717) is 6.04 Å². The first-order valence-electron chi connectivity index (χ1n) is 5.92. The van der Waals surface area contributed by atoms with E-state index in [2.05, 4.69) is 34.9 Å². The molecule has 3 heteroatoms. The second kappa shape index (κ2) is 5.79. The number of hydrogen-bond donors (Lipinski definition) is 1. The van der Waals surface area contributed by atoms with Gasteiger partial charge >= 0.3 is 0 Å². The van der Waals surface area contributed by atoms with Crippen molar-refractivity contribution in [2.45, 2.75) is 52.5 Å². The summed E-state index contributed by atoms with van der Waals surface area (Å²) in [5, 5.41) is 3.14. The molecule has 0 bridgehead atoms. The molecule has 0 spiro atoms. The van der Waals surface area contributed by atoms with Crippen molar-refractivity contribution < 1.29 is 0 Å². The van der Waals surface area contributed by atoms with Crippen LogP contribution in [0.1, 0.15) is 51.3 Å². The summed E-state index contributed by atoms with van der Waals surface area (Å²) >= 11 is 0. The highest BCUT2D eigenvalue weighted by Gasteiger charge is 2.09. The van der Waals surface area contributed by atoms with Crippen molar-refractivity contribution in [1.82, 2.24) is 9.55 Å². The molecule has 0 aromatic carbocycles. The van der Waals surface area contributed by atoms with E-state index in [9.17, 15) is 0 Å². The molecule has 1 aromatic heterocycles. The largest absolute Gasteiger partial charge is 0.359 e. The van der Waals surface area contributed by atoms with Crippen LogP contribution in [0.25, 0.3) is 0 Å². The number of unbranched alkanes of at least 4 members (excludes halogenated alkanes) is 2. The lowest BCUT2D eigenvalue weighted by Crippen LogP contribution is -2.08. The van der Waals surface area contributed by atoms with E-state index in [1.807, 2.05) is 14.0 Å². The minimum absolute atomic E-state index is 0.542. The fourth-order valence-corrected chi connectivity index (χ4v) is 1.87. The van der Waals surface area contributed by atoms with E-state index in [4.69, 9.17) is 0 Å². The van der Waals surface area contributed by atoms with Gasteiger partial charge in [0.1, 0.15) is 0 Å². The zero-order chi connectivity index (χ0) is 11.3. The van der Waals surface area contributed by atoms with Crippen LogP contribution in [0.5, 0.6) is 0 Å². The standard InChI is InChI=1S/C12H23N3/c1-5-6-7-8-11(3)15-9-10(2)14-12(15)13-4/h9,11H,5-8H2,1-4H3,(H,13,14). The number of aromatic nitrogens is 2. The van der Waals surface area contributed by atoms with Crippen molar-refractivity contribution >= 4 is 5.95 Å². The lowest BCUT2D eigenvalue weighted by molar-refractivity contribution is 0.481. The second-order valence-corrected chi connectivity index (χ2v) is 4.21. The van der Waals surface area contributed by atoms with Crippen molar-refractivity contribution in [2.24, 2.45) is 0 Å². The van der Waals surface area contributed by atoms with Gasteiger partial charge in [0.25, 0.3) is 0 Å². The third kappa shape index (κ3) is 3.26. The molecule has 1 unspecified atom stereocenters. The monoisotopic (exact) mass is 209 g/mol. The van der Waals surface area contributed by atoms with Crippen molar-refractivity contribution in [3.05, 3.63) is 11.9 Å². The molecule has 15 heavy (non-hydrogen) atoms. The number of hydrogen-bond acceptors (Lipinski definition) is 2. The molecule has 0 aliphatic carbocycles. The Kier molecular flexibility index (Phi) is 4.66. The first-order chi connectivity index (χ1) is 7.19. The number of aryl methyl sites for hydroxylation is 1. The van der Waals surface area contributed by atoms with Crippen molar-refractivity contribution in [2.75, 3.05) is 12.4 Å². The zero-order valence-corrected chi connectivity index (χ0v) is 10.4. The molecular weight excluding hydrogens is 186 g/mol. The van der Waals surface area contributed by atoms with E-state index >= 15 is 0 Å². The van der Waals surface area contributed by atoms with Gasteiger partial charge in [0, 0.05) is 19.3 Å². The minimum atomic E-state index is 0.542. The van der Waals surface area contributed by atoms with E-state index in [1.54, 1.807) is 0 Å². The second-order valence-electron chi connectivity index (χ2n) is 4.21. The minimum Gasteiger partial charge on any atom is -0.359 e. The summed E-state index contributed by atoms with van der Waals surface area (Å²) in [6, 6.07) is 0.542. The molecule has 1 N–H and O–H groups in total. The molecular formula is C12H23N3. The van der Waals surface area contributed by atoms with Crippen molar-refractivity contribution in [3.63, 3.8) is 0 Å². The van der Waals surface area contributed by atoms with E-state index in [1.165, 1.54) is 25.7 Å². The number of nitrogens with one attached hydrogen (secondary N) is 1. The van der Waals surface area contributed by atoms with Crippen LogP contribution in [0.4, 0.5) is 5.95 Å². The third-order valence-electron chi connectivity index (χ3n) is 2.78. The maximum absolute atomic E-state index is 4.43. The van der Waals surface area contributed by atoms with Crippen LogP contribution >= 0.6 is 0 Å². The van der Waals surface area contributed by atoms with Crippen LogP contribution in [0.2, 0.25) is 0 Å². The number of nitrogens with zero attached hydrogens (tertiary/aromatic N) is 2. The number of anilines is 1. The highest BCUT2D eigenvalue weighted by molar-refractivity contribution is 5.28. The fourth-order valence-electron chi connectivity index (χ4n) is 1.87. The molecule has 0 aliphatic heterocycles. The number of imidazole rings is 1. The van der Waals surface area contributed by atoms with Crippen LogP contribution < -0.4 is 5.32 Å². The Bertz CT molecular complexity index is 291. The van der Waals surface area contributed by atoms with Crippen molar-refractivity contribution in [1.29, 1.82) is 0 Å². The van der Waals surface area contributed by atoms with Crippen LogP contribution in [0.15, 0.2) is 6.20 Å². The van der Waals surface area contributed by atoms with Gasteiger partial charge in [-0.1, -0.05) is 26.2 Å². The summed E-state index contributed by atoms with van der Waals surface area (Å²) in [5.41, 5.74) is 1.08. The van der Waals surface area contributed by atoms with Gasteiger partial charge < -0.3 is 9.88 Å². The van der Waals surface area contributed by atoms with Crippen LogP contribution in [-0.2, 0) is 0 Å². The maximum atomic E-state index is 4.43. The quantitative estimate of drug-likeness (QED) is 0.728. The van der Waals surface area contributed by atoms with Gasteiger partial charge in [-0.15, -0.1) is 0 Å². The summed E-state index contributed by atoms with van der Waals surface area (Å²) in [4.78, 5) is 4.43. The first-order valence-corrected chi connectivity index (χ1v) is 5.92. The lowest BCUT2D eigenvalue weighted by Gasteiger charge is -2.15. The molecule has 1 aromatic rings. The Morgan fingerprint density at radius 2 is 2.20 bits per heavy atom. The van der Waals surface area contributed by atoms with Crippen molar-refractivity contribution in [3.8, 4) is 0 Å². The van der Waals surface area contributed by atoms with Crippen LogP contribution in [0, 0.1) is 6.92 Å². The Labute approximate surface area is 92.9 Å². The molecule has 3 nitrogen and oxygen atoms in total. The number of rotatable bonds is 6. The molecule has 86 valence electrons. The molecule has 0 radical (unpaired) electrons.